The van der Waals surface area contributed by atoms with Crippen molar-refractivity contribution in [3.63, 3.8) is 0 Å². The number of carbonyl (C=O) groups is 1. The van der Waals surface area contributed by atoms with Crippen molar-refractivity contribution in [2.45, 2.75) is 109 Å². The van der Waals surface area contributed by atoms with Crippen LogP contribution in [0.2, 0.25) is 0 Å². The number of rotatable bonds is 6. The van der Waals surface area contributed by atoms with Crippen LogP contribution in [0.3, 0.4) is 0 Å². The van der Waals surface area contributed by atoms with Gasteiger partial charge in [-0.15, -0.1) is 0 Å². The van der Waals surface area contributed by atoms with Crippen LogP contribution < -0.4 is 0 Å². The molecule has 0 aromatic rings. The van der Waals surface area contributed by atoms with E-state index in [1.54, 1.807) is 0 Å². The molecule has 3 aliphatic rings. The van der Waals surface area contributed by atoms with Crippen molar-refractivity contribution >= 4 is 5.97 Å². The number of esters is 1. The minimum absolute atomic E-state index is 0.0450. The summed E-state index contributed by atoms with van der Waals surface area (Å²) >= 11 is 0. The first-order chi connectivity index (χ1) is 14.8. The maximum atomic E-state index is 12.6. The van der Waals surface area contributed by atoms with Gasteiger partial charge < -0.3 is 29.5 Å². The number of aliphatic hydroxyl groups is 3. The fourth-order valence-corrected chi connectivity index (χ4v) is 5.99. The van der Waals surface area contributed by atoms with Gasteiger partial charge in [-0.2, -0.15) is 0 Å². The SMILES string of the molecule is C=C1C[C@H](OC(=O)CC(C)C)[C@@H](C(C)(C)O[C@@H]2OC[C@@H](O)[C@H](O)[C@H]2O)C[C@]2(C)CCC[C@@H]12. The monoisotopic (exact) mass is 454 g/mol. The molecule has 3 fully saturated rings. The minimum atomic E-state index is -1.37. The van der Waals surface area contributed by atoms with E-state index in [9.17, 15) is 20.1 Å². The smallest absolute Gasteiger partial charge is 0.306 e. The Labute approximate surface area is 192 Å². The molecule has 3 rings (SSSR count). The van der Waals surface area contributed by atoms with Crippen molar-refractivity contribution < 1.29 is 34.3 Å². The zero-order chi connectivity index (χ0) is 23.8. The number of hydrogen-bond acceptors (Lipinski definition) is 7. The number of carbonyl (C=O) groups excluding carboxylic acids is 1. The summed E-state index contributed by atoms with van der Waals surface area (Å²) in [4.78, 5) is 12.6. The lowest BCUT2D eigenvalue weighted by atomic mass is 9.70. The fourth-order valence-electron chi connectivity index (χ4n) is 5.99. The Kier molecular flexibility index (Phi) is 7.77. The molecule has 184 valence electrons. The van der Waals surface area contributed by atoms with Crippen LogP contribution in [-0.4, -0.2) is 64.2 Å². The van der Waals surface area contributed by atoms with E-state index in [0.717, 1.165) is 31.3 Å². The highest BCUT2D eigenvalue weighted by Gasteiger charge is 2.52. The summed E-state index contributed by atoms with van der Waals surface area (Å²) in [5, 5.41) is 30.3. The molecule has 0 aromatic heterocycles. The third-order valence-electron chi connectivity index (χ3n) is 7.80. The van der Waals surface area contributed by atoms with E-state index in [1.165, 1.54) is 0 Å². The maximum Gasteiger partial charge on any atom is 0.306 e. The van der Waals surface area contributed by atoms with Gasteiger partial charge >= 0.3 is 5.97 Å². The topological polar surface area (TPSA) is 105 Å². The molecule has 0 spiro atoms. The number of aliphatic hydroxyl groups excluding tert-OH is 3. The molecule has 32 heavy (non-hydrogen) atoms. The number of ether oxygens (including phenoxy) is 3. The Balaban J connectivity index is 1.86. The molecule has 1 heterocycles. The van der Waals surface area contributed by atoms with E-state index < -0.39 is 30.2 Å². The number of fused-ring (bicyclic) bond motifs is 1. The highest BCUT2D eigenvalue weighted by Crippen LogP contribution is 2.56. The average molecular weight is 455 g/mol. The minimum Gasteiger partial charge on any atom is -0.462 e. The summed E-state index contributed by atoms with van der Waals surface area (Å²) in [6.45, 7) is 14.4. The molecule has 2 aliphatic carbocycles. The summed E-state index contributed by atoms with van der Waals surface area (Å²) in [6, 6.07) is 0. The zero-order valence-corrected chi connectivity index (χ0v) is 20.3. The van der Waals surface area contributed by atoms with E-state index in [0.29, 0.717) is 18.8 Å². The third-order valence-corrected chi connectivity index (χ3v) is 7.80. The van der Waals surface area contributed by atoms with Crippen molar-refractivity contribution in [1.82, 2.24) is 0 Å². The molecule has 1 aliphatic heterocycles. The van der Waals surface area contributed by atoms with Gasteiger partial charge in [-0.25, -0.2) is 0 Å². The van der Waals surface area contributed by atoms with Crippen LogP contribution in [0.25, 0.3) is 0 Å². The van der Waals surface area contributed by atoms with E-state index in [-0.39, 0.29) is 35.9 Å². The standard InChI is InChI=1S/C25H42O7/c1-14(2)10-20(27)31-19-11-15(3)16-8-7-9-25(16,6)12-17(19)24(4,5)32-23-22(29)21(28)18(26)13-30-23/h14,16-19,21-23,26,28-29H,3,7-13H2,1-2,4-6H3/t16-,17-,18+,19-,21-,22+,23-,25-/m0/s1. The molecule has 7 nitrogen and oxygen atoms in total. The molecule has 8 atom stereocenters. The molecule has 1 saturated heterocycles. The van der Waals surface area contributed by atoms with E-state index in [4.69, 9.17) is 14.2 Å². The van der Waals surface area contributed by atoms with Gasteiger partial charge in [0.05, 0.1) is 12.2 Å². The zero-order valence-electron chi connectivity index (χ0n) is 20.3. The first-order valence-corrected chi connectivity index (χ1v) is 12.0. The van der Waals surface area contributed by atoms with Crippen molar-refractivity contribution in [2.75, 3.05) is 6.61 Å². The second-order valence-electron chi connectivity index (χ2n) is 11.4. The van der Waals surface area contributed by atoms with Gasteiger partial charge in [-0.05, 0) is 50.4 Å². The Hall–Kier alpha value is -0.990. The fraction of sp³-hybridized carbons (Fsp3) is 0.880. The predicted molar refractivity (Wildman–Crippen MR) is 120 cm³/mol. The van der Waals surface area contributed by atoms with Crippen molar-refractivity contribution in [3.8, 4) is 0 Å². The van der Waals surface area contributed by atoms with Crippen LogP contribution in [-0.2, 0) is 19.0 Å². The normalized spacial score (nSPS) is 40.8. The van der Waals surface area contributed by atoms with Gasteiger partial charge in [-0.1, -0.05) is 39.3 Å². The van der Waals surface area contributed by atoms with Crippen LogP contribution >= 0.6 is 0 Å². The molecule has 0 bridgehead atoms. The third kappa shape index (κ3) is 5.39. The van der Waals surface area contributed by atoms with E-state index in [1.807, 2.05) is 27.7 Å². The molecular weight excluding hydrogens is 412 g/mol. The van der Waals surface area contributed by atoms with Gasteiger partial charge in [0.15, 0.2) is 6.29 Å². The van der Waals surface area contributed by atoms with E-state index >= 15 is 0 Å². The maximum absolute atomic E-state index is 12.6. The largest absolute Gasteiger partial charge is 0.462 e. The highest BCUT2D eigenvalue weighted by molar-refractivity contribution is 5.69. The lowest BCUT2D eigenvalue weighted by molar-refractivity contribution is -0.308. The molecule has 7 heteroatoms. The van der Waals surface area contributed by atoms with Crippen LogP contribution in [0.4, 0.5) is 0 Å². The quantitative estimate of drug-likeness (QED) is 0.419. The predicted octanol–water partition coefficient (Wildman–Crippen LogP) is 2.95. The molecule has 3 N–H and O–H groups in total. The Morgan fingerprint density at radius 2 is 1.97 bits per heavy atom. The summed E-state index contributed by atoms with van der Waals surface area (Å²) in [5.41, 5.74) is 0.360. The molecular formula is C25H42O7. The van der Waals surface area contributed by atoms with Gasteiger partial charge in [0.25, 0.3) is 0 Å². The molecule has 0 aromatic carbocycles. The van der Waals surface area contributed by atoms with Gasteiger partial charge in [0.2, 0.25) is 0 Å². The lowest BCUT2D eigenvalue weighted by Gasteiger charge is -2.45. The van der Waals surface area contributed by atoms with Crippen molar-refractivity contribution in [2.24, 2.45) is 23.2 Å². The first-order valence-electron chi connectivity index (χ1n) is 12.0. The molecule has 0 unspecified atom stereocenters. The summed E-state index contributed by atoms with van der Waals surface area (Å²) < 4.78 is 17.8. The van der Waals surface area contributed by atoms with Gasteiger partial charge in [0.1, 0.15) is 24.4 Å². The lowest BCUT2D eigenvalue weighted by Crippen LogP contribution is -2.57. The highest BCUT2D eigenvalue weighted by atomic mass is 16.7. The second kappa shape index (κ2) is 9.71. The van der Waals surface area contributed by atoms with Gasteiger partial charge in [-0.3, -0.25) is 4.79 Å². The van der Waals surface area contributed by atoms with Crippen LogP contribution in [0.15, 0.2) is 12.2 Å². The number of hydrogen-bond donors (Lipinski definition) is 3. The van der Waals surface area contributed by atoms with Crippen LogP contribution in [0.1, 0.15) is 73.1 Å². The summed E-state index contributed by atoms with van der Waals surface area (Å²) in [6.07, 6.45) is -0.228. The van der Waals surface area contributed by atoms with Crippen molar-refractivity contribution in [3.05, 3.63) is 12.2 Å². The van der Waals surface area contributed by atoms with Crippen LogP contribution in [0.5, 0.6) is 0 Å². The first kappa shape index (κ1) is 25.6. The van der Waals surface area contributed by atoms with E-state index in [2.05, 4.69) is 13.5 Å². The summed E-state index contributed by atoms with van der Waals surface area (Å²) in [5.74, 6) is 0.226. The Morgan fingerprint density at radius 3 is 2.62 bits per heavy atom. The van der Waals surface area contributed by atoms with Crippen molar-refractivity contribution in [1.29, 1.82) is 0 Å². The van der Waals surface area contributed by atoms with Gasteiger partial charge in [0, 0.05) is 18.8 Å². The van der Waals surface area contributed by atoms with Crippen LogP contribution in [0, 0.1) is 23.2 Å². The molecule has 2 saturated carbocycles. The second-order valence-corrected chi connectivity index (χ2v) is 11.4. The average Bonchev–Trinajstić information content (AvgIpc) is 3.02. The molecule has 0 amide bonds. The summed E-state index contributed by atoms with van der Waals surface area (Å²) in [7, 11) is 0. The Morgan fingerprint density at radius 1 is 1.28 bits per heavy atom. The molecule has 0 radical (unpaired) electrons. The Bertz CT molecular complexity index is 690.